The van der Waals surface area contributed by atoms with Crippen molar-refractivity contribution in [2.45, 2.75) is 0 Å². The van der Waals surface area contributed by atoms with Crippen LogP contribution in [0.15, 0.2) is 42.6 Å². The second-order valence-electron chi connectivity index (χ2n) is 4.87. The number of fused-ring (bicyclic) bond motifs is 1. The molecule has 0 amide bonds. The van der Waals surface area contributed by atoms with E-state index in [-0.39, 0.29) is 0 Å². The van der Waals surface area contributed by atoms with Crippen LogP contribution in [-0.4, -0.2) is 32.6 Å². The lowest BCUT2D eigenvalue weighted by molar-refractivity contribution is 0.399. The van der Waals surface area contributed by atoms with E-state index in [2.05, 4.69) is 14.7 Å². The highest BCUT2D eigenvalue weighted by Crippen LogP contribution is 2.34. The molecule has 0 unspecified atom stereocenters. The smallest absolute Gasteiger partial charge is 0.222 e. The van der Waals surface area contributed by atoms with Gasteiger partial charge in [0, 0.05) is 18.3 Å². The SMILES string of the molecule is COc1ccc2c(Oc3ccc(N[SH](=O)=O)c(OC)c3)ccnc2n1. The Kier molecular flexibility index (Phi) is 4.85. The Balaban J connectivity index is 1.95. The summed E-state index contributed by atoms with van der Waals surface area (Å²) < 4.78 is 40.1. The normalized spacial score (nSPS) is 10.7. The molecule has 0 aliphatic carbocycles. The van der Waals surface area contributed by atoms with Crippen molar-refractivity contribution in [3.05, 3.63) is 42.6 Å². The third-order valence-corrected chi connectivity index (χ3v) is 3.78. The fourth-order valence-electron chi connectivity index (χ4n) is 2.24. The molecule has 9 heteroatoms. The van der Waals surface area contributed by atoms with E-state index in [1.54, 1.807) is 42.6 Å². The highest BCUT2D eigenvalue weighted by Gasteiger charge is 2.10. The Morgan fingerprint density at radius 3 is 2.56 bits per heavy atom. The van der Waals surface area contributed by atoms with Crippen LogP contribution in [0.25, 0.3) is 11.0 Å². The molecule has 3 aromatic rings. The maximum Gasteiger partial charge on any atom is 0.222 e. The monoisotopic (exact) mass is 361 g/mol. The van der Waals surface area contributed by atoms with Crippen LogP contribution in [0.3, 0.4) is 0 Å². The molecule has 0 saturated carbocycles. The first-order valence-electron chi connectivity index (χ1n) is 7.17. The average Bonchev–Trinajstić information content (AvgIpc) is 2.62. The number of benzene rings is 1. The molecule has 0 bridgehead atoms. The molecule has 0 radical (unpaired) electrons. The molecule has 0 spiro atoms. The van der Waals surface area contributed by atoms with Gasteiger partial charge in [0.1, 0.15) is 17.2 Å². The predicted octanol–water partition coefficient (Wildman–Crippen LogP) is 2.38. The molecular weight excluding hydrogens is 346 g/mol. The molecular formula is C16H15N3O5S. The van der Waals surface area contributed by atoms with Crippen molar-refractivity contribution in [1.82, 2.24) is 9.97 Å². The molecule has 3 rings (SSSR count). The van der Waals surface area contributed by atoms with Gasteiger partial charge in [-0.25, -0.2) is 13.4 Å². The maximum atomic E-state index is 10.8. The first-order valence-corrected chi connectivity index (χ1v) is 8.35. The highest BCUT2D eigenvalue weighted by atomic mass is 32.2. The van der Waals surface area contributed by atoms with Crippen molar-refractivity contribution in [2.24, 2.45) is 0 Å². The van der Waals surface area contributed by atoms with Gasteiger partial charge in [-0.1, -0.05) is 0 Å². The first-order chi connectivity index (χ1) is 12.1. The first kappa shape index (κ1) is 16.8. The third kappa shape index (κ3) is 3.72. The zero-order valence-electron chi connectivity index (χ0n) is 13.4. The van der Waals surface area contributed by atoms with Gasteiger partial charge in [-0.2, -0.15) is 4.98 Å². The topological polar surface area (TPSA) is 99.6 Å². The molecule has 0 fully saturated rings. The zero-order valence-corrected chi connectivity index (χ0v) is 14.3. The van der Waals surface area contributed by atoms with Gasteiger partial charge >= 0.3 is 0 Å². The number of thiol groups is 1. The number of methoxy groups -OCH3 is 2. The van der Waals surface area contributed by atoms with E-state index in [1.807, 2.05) is 0 Å². The van der Waals surface area contributed by atoms with Crippen LogP contribution < -0.4 is 18.9 Å². The minimum atomic E-state index is -2.78. The van der Waals surface area contributed by atoms with Crippen LogP contribution >= 0.6 is 0 Å². The van der Waals surface area contributed by atoms with Crippen LogP contribution in [-0.2, 0) is 10.9 Å². The lowest BCUT2D eigenvalue weighted by Gasteiger charge is -2.12. The van der Waals surface area contributed by atoms with E-state index in [1.165, 1.54) is 14.2 Å². The molecule has 130 valence electrons. The van der Waals surface area contributed by atoms with E-state index < -0.39 is 10.9 Å². The average molecular weight is 361 g/mol. The van der Waals surface area contributed by atoms with E-state index in [0.29, 0.717) is 39.8 Å². The van der Waals surface area contributed by atoms with Gasteiger partial charge in [-0.15, -0.1) is 0 Å². The number of anilines is 1. The van der Waals surface area contributed by atoms with Crippen LogP contribution in [0, 0.1) is 0 Å². The molecule has 25 heavy (non-hydrogen) atoms. The summed E-state index contributed by atoms with van der Waals surface area (Å²) in [5, 5.41) is 0.715. The summed E-state index contributed by atoms with van der Waals surface area (Å²) >= 11 is 0. The van der Waals surface area contributed by atoms with Gasteiger partial charge in [0.05, 0.1) is 25.3 Å². The molecule has 0 aliphatic heterocycles. The number of aromatic nitrogens is 2. The van der Waals surface area contributed by atoms with Crippen LogP contribution in [0.1, 0.15) is 0 Å². The molecule has 2 aromatic heterocycles. The summed E-state index contributed by atoms with van der Waals surface area (Å²) in [6.07, 6.45) is 1.58. The van der Waals surface area contributed by atoms with Crippen molar-refractivity contribution in [3.63, 3.8) is 0 Å². The van der Waals surface area contributed by atoms with Crippen molar-refractivity contribution >= 4 is 27.6 Å². The largest absolute Gasteiger partial charge is 0.494 e. The second kappa shape index (κ2) is 7.22. The third-order valence-electron chi connectivity index (χ3n) is 3.36. The fourth-order valence-corrected chi connectivity index (χ4v) is 2.62. The number of hydrogen-bond acceptors (Lipinski definition) is 7. The molecule has 0 saturated heterocycles. The number of nitrogens with one attached hydrogen (secondary N) is 1. The number of hydrogen-bond donors (Lipinski definition) is 2. The molecule has 2 heterocycles. The van der Waals surface area contributed by atoms with Gasteiger partial charge in [-0.3, -0.25) is 4.72 Å². The fraction of sp³-hybridized carbons (Fsp3) is 0.125. The van der Waals surface area contributed by atoms with Crippen LogP contribution in [0.2, 0.25) is 0 Å². The summed E-state index contributed by atoms with van der Waals surface area (Å²) in [4.78, 5) is 8.46. The molecule has 0 aliphatic rings. The summed E-state index contributed by atoms with van der Waals surface area (Å²) in [6.45, 7) is 0. The van der Waals surface area contributed by atoms with E-state index in [0.717, 1.165) is 0 Å². The Bertz CT molecular complexity index is 983. The Morgan fingerprint density at radius 2 is 1.84 bits per heavy atom. The summed E-state index contributed by atoms with van der Waals surface area (Å²) in [7, 11) is 0.194. The summed E-state index contributed by atoms with van der Waals surface area (Å²) in [6, 6.07) is 10.0. The molecule has 8 nitrogen and oxygen atoms in total. The Labute approximate surface area is 145 Å². The van der Waals surface area contributed by atoms with Crippen molar-refractivity contribution < 1.29 is 22.6 Å². The predicted molar refractivity (Wildman–Crippen MR) is 93.1 cm³/mol. The minimum absolute atomic E-state index is 0.331. The maximum absolute atomic E-state index is 10.8. The molecule has 1 N–H and O–H groups in total. The van der Waals surface area contributed by atoms with Gasteiger partial charge < -0.3 is 14.2 Å². The van der Waals surface area contributed by atoms with Crippen molar-refractivity contribution in [2.75, 3.05) is 18.9 Å². The zero-order chi connectivity index (χ0) is 17.8. The van der Waals surface area contributed by atoms with Gasteiger partial charge in [0.2, 0.25) is 16.8 Å². The molecule has 1 aromatic carbocycles. The molecule has 0 atom stereocenters. The van der Waals surface area contributed by atoms with Crippen molar-refractivity contribution in [1.29, 1.82) is 0 Å². The second-order valence-corrected chi connectivity index (χ2v) is 5.60. The van der Waals surface area contributed by atoms with Gasteiger partial charge in [0.25, 0.3) is 0 Å². The van der Waals surface area contributed by atoms with Crippen molar-refractivity contribution in [3.8, 4) is 23.1 Å². The number of rotatable bonds is 6. The highest BCUT2D eigenvalue weighted by molar-refractivity contribution is 7.73. The van der Waals surface area contributed by atoms with Gasteiger partial charge in [-0.05, 0) is 24.3 Å². The quantitative estimate of drug-likeness (QED) is 0.650. The van der Waals surface area contributed by atoms with Crippen LogP contribution in [0.4, 0.5) is 5.69 Å². The number of ether oxygens (including phenoxy) is 3. The summed E-state index contributed by atoms with van der Waals surface area (Å²) in [5.41, 5.74) is 0.822. The summed E-state index contributed by atoms with van der Waals surface area (Å²) in [5.74, 6) is 1.83. The van der Waals surface area contributed by atoms with E-state index >= 15 is 0 Å². The Morgan fingerprint density at radius 1 is 1.00 bits per heavy atom. The number of nitrogens with zero attached hydrogens (tertiary/aromatic N) is 2. The lowest BCUT2D eigenvalue weighted by Crippen LogP contribution is -1.98. The Hall–Kier alpha value is -3.07. The minimum Gasteiger partial charge on any atom is -0.494 e. The lowest BCUT2D eigenvalue weighted by atomic mass is 10.2. The van der Waals surface area contributed by atoms with Gasteiger partial charge in [0.15, 0.2) is 5.65 Å². The standard InChI is InChI=1S/C16H15N3O5S/c1-22-14-9-10(3-5-12(14)19-25(20)21)24-13-7-8-17-16-11(13)4-6-15(18-16)23-2/h3-9,25H,1-2H3,(H,19,20,21). The van der Waals surface area contributed by atoms with E-state index in [9.17, 15) is 8.42 Å². The number of pyridine rings is 2. The van der Waals surface area contributed by atoms with Crippen LogP contribution in [0.5, 0.6) is 23.1 Å². The van der Waals surface area contributed by atoms with E-state index in [4.69, 9.17) is 14.2 Å².